The highest BCUT2D eigenvalue weighted by Crippen LogP contribution is 2.38. The first-order valence-electron chi connectivity index (χ1n) is 9.90. The molecule has 0 spiro atoms. The standard InChI is InChI=1S/C22H29N3/c1-2-3-15-24-16-12-20(13-17-24)25-21-9-5-4-7-18(21)10-11-19-8-6-14-23-22(19)25/h4-9,14,20H,2-3,10-13,15-17H2,1H3. The molecule has 132 valence electrons. The van der Waals surface area contributed by atoms with Crippen LogP contribution in [0.1, 0.15) is 43.7 Å². The molecule has 1 aromatic heterocycles. The third-order valence-corrected chi connectivity index (χ3v) is 5.76. The number of benzene rings is 1. The van der Waals surface area contributed by atoms with Gasteiger partial charge in [-0.2, -0.15) is 0 Å². The second kappa shape index (κ2) is 7.57. The van der Waals surface area contributed by atoms with Crippen molar-refractivity contribution >= 4 is 11.5 Å². The van der Waals surface area contributed by atoms with Crippen LogP contribution in [0.4, 0.5) is 11.5 Å². The number of unbranched alkanes of at least 4 members (excludes halogenated alkanes) is 1. The molecule has 2 aliphatic rings. The Morgan fingerprint density at radius 3 is 2.60 bits per heavy atom. The number of aromatic nitrogens is 1. The molecule has 0 aliphatic carbocycles. The number of para-hydroxylation sites is 1. The van der Waals surface area contributed by atoms with Crippen LogP contribution in [0.3, 0.4) is 0 Å². The van der Waals surface area contributed by atoms with Gasteiger partial charge in [-0.05, 0) is 61.9 Å². The van der Waals surface area contributed by atoms with E-state index in [1.165, 1.54) is 67.9 Å². The zero-order valence-electron chi connectivity index (χ0n) is 15.3. The lowest BCUT2D eigenvalue weighted by Gasteiger charge is -2.40. The molecule has 0 radical (unpaired) electrons. The molecule has 1 fully saturated rings. The number of hydrogen-bond acceptors (Lipinski definition) is 3. The van der Waals surface area contributed by atoms with Crippen LogP contribution in [-0.4, -0.2) is 35.6 Å². The number of piperidine rings is 1. The third-order valence-electron chi connectivity index (χ3n) is 5.76. The van der Waals surface area contributed by atoms with Crippen LogP contribution in [0.2, 0.25) is 0 Å². The Kier molecular flexibility index (Phi) is 5.02. The summed E-state index contributed by atoms with van der Waals surface area (Å²) in [4.78, 5) is 10.0. The van der Waals surface area contributed by atoms with Crippen molar-refractivity contribution in [1.82, 2.24) is 9.88 Å². The molecular weight excluding hydrogens is 306 g/mol. The van der Waals surface area contributed by atoms with Crippen LogP contribution in [0.15, 0.2) is 42.6 Å². The number of rotatable bonds is 4. The van der Waals surface area contributed by atoms with E-state index in [0.29, 0.717) is 6.04 Å². The molecule has 3 heterocycles. The van der Waals surface area contributed by atoms with Gasteiger partial charge in [0.15, 0.2) is 0 Å². The molecule has 2 aliphatic heterocycles. The molecule has 0 unspecified atom stereocenters. The number of anilines is 2. The highest BCUT2D eigenvalue weighted by molar-refractivity contribution is 5.69. The van der Waals surface area contributed by atoms with E-state index in [4.69, 9.17) is 4.98 Å². The Hall–Kier alpha value is -1.87. The van der Waals surface area contributed by atoms with Gasteiger partial charge in [0.25, 0.3) is 0 Å². The SMILES string of the molecule is CCCCN1CCC(N2c3ccccc3CCc3cccnc32)CC1. The second-order valence-corrected chi connectivity index (χ2v) is 7.41. The monoisotopic (exact) mass is 335 g/mol. The van der Waals surface area contributed by atoms with Gasteiger partial charge in [-0.25, -0.2) is 4.98 Å². The smallest absolute Gasteiger partial charge is 0.136 e. The number of aryl methyl sites for hydroxylation is 2. The summed E-state index contributed by atoms with van der Waals surface area (Å²) in [6, 6.07) is 13.8. The normalized spacial score (nSPS) is 18.5. The van der Waals surface area contributed by atoms with Crippen LogP contribution < -0.4 is 4.90 Å². The largest absolute Gasteiger partial charge is 0.323 e. The summed E-state index contributed by atoms with van der Waals surface area (Å²) < 4.78 is 0. The lowest BCUT2D eigenvalue weighted by Crippen LogP contribution is -2.44. The van der Waals surface area contributed by atoms with Crippen LogP contribution in [0.5, 0.6) is 0 Å². The number of nitrogens with zero attached hydrogens (tertiary/aromatic N) is 3. The van der Waals surface area contributed by atoms with Crippen LogP contribution in [0, 0.1) is 0 Å². The second-order valence-electron chi connectivity index (χ2n) is 7.41. The summed E-state index contributed by atoms with van der Waals surface area (Å²) in [5, 5.41) is 0. The summed E-state index contributed by atoms with van der Waals surface area (Å²) in [5.74, 6) is 1.19. The summed E-state index contributed by atoms with van der Waals surface area (Å²) in [5.41, 5.74) is 4.24. The van der Waals surface area contributed by atoms with E-state index in [0.717, 1.165) is 12.8 Å². The molecule has 3 heteroatoms. The van der Waals surface area contributed by atoms with E-state index in [1.807, 2.05) is 6.20 Å². The molecule has 0 amide bonds. The zero-order valence-corrected chi connectivity index (χ0v) is 15.3. The summed E-state index contributed by atoms with van der Waals surface area (Å²) in [7, 11) is 0. The van der Waals surface area contributed by atoms with Crippen LogP contribution in [0.25, 0.3) is 0 Å². The van der Waals surface area contributed by atoms with Crippen LogP contribution >= 0.6 is 0 Å². The maximum atomic E-state index is 4.82. The first-order valence-corrected chi connectivity index (χ1v) is 9.90. The van der Waals surface area contributed by atoms with Crippen LogP contribution in [-0.2, 0) is 12.8 Å². The van der Waals surface area contributed by atoms with Crippen molar-refractivity contribution in [2.45, 2.75) is 51.5 Å². The van der Waals surface area contributed by atoms with E-state index in [-0.39, 0.29) is 0 Å². The lowest BCUT2D eigenvalue weighted by atomic mass is 10.0. The average Bonchev–Trinajstić information content (AvgIpc) is 2.84. The summed E-state index contributed by atoms with van der Waals surface area (Å²) in [6.45, 7) is 5.97. The first kappa shape index (κ1) is 16.6. The van der Waals surface area contributed by atoms with Gasteiger partial charge in [-0.15, -0.1) is 0 Å². The summed E-state index contributed by atoms with van der Waals surface area (Å²) in [6.07, 6.45) is 9.23. The van der Waals surface area contributed by atoms with E-state index in [9.17, 15) is 0 Å². The highest BCUT2D eigenvalue weighted by Gasteiger charge is 2.30. The quantitative estimate of drug-likeness (QED) is 0.815. The fourth-order valence-electron chi connectivity index (χ4n) is 4.34. The van der Waals surface area contributed by atoms with Gasteiger partial charge in [0.1, 0.15) is 5.82 Å². The maximum absolute atomic E-state index is 4.82. The number of fused-ring (bicyclic) bond motifs is 2. The van der Waals surface area contributed by atoms with Crippen molar-refractivity contribution in [3.05, 3.63) is 53.7 Å². The van der Waals surface area contributed by atoms with Crippen molar-refractivity contribution in [2.75, 3.05) is 24.5 Å². The maximum Gasteiger partial charge on any atom is 0.136 e. The molecule has 2 aromatic rings. The van der Waals surface area contributed by atoms with Crippen molar-refractivity contribution < 1.29 is 0 Å². The predicted octanol–water partition coefficient (Wildman–Crippen LogP) is 4.58. The molecular formula is C22H29N3. The molecule has 25 heavy (non-hydrogen) atoms. The molecule has 1 saturated heterocycles. The van der Waals surface area contributed by atoms with Crippen molar-refractivity contribution in [1.29, 1.82) is 0 Å². The Morgan fingerprint density at radius 2 is 1.76 bits per heavy atom. The minimum atomic E-state index is 0.561. The Balaban J connectivity index is 1.62. The van der Waals surface area contributed by atoms with Gasteiger partial charge in [-0.1, -0.05) is 37.6 Å². The van der Waals surface area contributed by atoms with Crippen molar-refractivity contribution in [2.24, 2.45) is 0 Å². The fraction of sp³-hybridized carbons (Fsp3) is 0.500. The van der Waals surface area contributed by atoms with Gasteiger partial charge in [0.05, 0.1) is 0 Å². The van der Waals surface area contributed by atoms with E-state index in [2.05, 4.69) is 53.1 Å². The molecule has 3 nitrogen and oxygen atoms in total. The molecule has 0 N–H and O–H groups in total. The zero-order chi connectivity index (χ0) is 17.1. The predicted molar refractivity (Wildman–Crippen MR) is 105 cm³/mol. The van der Waals surface area contributed by atoms with Gasteiger partial charge >= 0.3 is 0 Å². The molecule has 0 bridgehead atoms. The molecule has 1 aromatic carbocycles. The van der Waals surface area contributed by atoms with Crippen molar-refractivity contribution in [3.8, 4) is 0 Å². The fourth-order valence-corrected chi connectivity index (χ4v) is 4.34. The van der Waals surface area contributed by atoms with Crippen molar-refractivity contribution in [3.63, 3.8) is 0 Å². The highest BCUT2D eigenvalue weighted by atomic mass is 15.2. The Morgan fingerprint density at radius 1 is 1.00 bits per heavy atom. The number of pyridine rings is 1. The third kappa shape index (κ3) is 3.43. The van der Waals surface area contributed by atoms with E-state index >= 15 is 0 Å². The number of hydrogen-bond donors (Lipinski definition) is 0. The van der Waals surface area contributed by atoms with Gasteiger partial charge < -0.3 is 9.80 Å². The van der Waals surface area contributed by atoms with Gasteiger partial charge in [-0.3, -0.25) is 0 Å². The van der Waals surface area contributed by atoms with E-state index in [1.54, 1.807) is 0 Å². The first-order chi connectivity index (χ1) is 12.4. The van der Waals surface area contributed by atoms with Gasteiger partial charge in [0.2, 0.25) is 0 Å². The lowest BCUT2D eigenvalue weighted by molar-refractivity contribution is 0.210. The Bertz CT molecular complexity index is 656. The summed E-state index contributed by atoms with van der Waals surface area (Å²) >= 11 is 0. The Labute approximate surface area is 151 Å². The topological polar surface area (TPSA) is 19.4 Å². The minimum Gasteiger partial charge on any atom is -0.323 e. The van der Waals surface area contributed by atoms with Gasteiger partial charge in [0, 0.05) is 31.0 Å². The molecule has 0 saturated carbocycles. The average molecular weight is 335 g/mol. The molecule has 4 rings (SSSR count). The van der Waals surface area contributed by atoms with E-state index < -0.39 is 0 Å². The molecule has 0 atom stereocenters. The minimum absolute atomic E-state index is 0.561. The number of likely N-dealkylation sites (tertiary alicyclic amines) is 1.